The van der Waals surface area contributed by atoms with Crippen LogP contribution in [0.4, 0.5) is 5.82 Å². The number of carbonyl (C=O) groups is 1. The molecule has 2 heterocycles. The monoisotopic (exact) mass is 350 g/mol. The summed E-state index contributed by atoms with van der Waals surface area (Å²) in [7, 11) is 0. The molecule has 1 aliphatic heterocycles. The number of benzene rings is 1. The lowest BCUT2D eigenvalue weighted by Gasteiger charge is -2.33. The van der Waals surface area contributed by atoms with E-state index in [-0.39, 0.29) is 5.91 Å². The number of amides is 1. The van der Waals surface area contributed by atoms with Gasteiger partial charge in [0.25, 0.3) is 5.91 Å². The molecule has 0 spiro atoms. The van der Waals surface area contributed by atoms with Gasteiger partial charge in [-0.25, -0.2) is 4.98 Å². The van der Waals surface area contributed by atoms with E-state index in [2.05, 4.69) is 22.1 Å². The Bertz CT molecular complexity index is 804. The second kappa shape index (κ2) is 7.44. The third-order valence-corrected chi connectivity index (χ3v) is 5.69. The van der Waals surface area contributed by atoms with Crippen molar-refractivity contribution in [2.24, 2.45) is 5.92 Å². The lowest BCUT2D eigenvalue weighted by Crippen LogP contribution is -2.40. The third kappa shape index (κ3) is 3.57. The van der Waals surface area contributed by atoms with Crippen LogP contribution in [0, 0.1) is 5.92 Å². The summed E-state index contributed by atoms with van der Waals surface area (Å²) in [6.07, 6.45) is 11.0. The van der Waals surface area contributed by atoms with E-state index < -0.39 is 0 Å². The standard InChI is InChI=1S/C21H26N4O/c22-20-19(23-9-10-24-20)12-15-4-3-11-25(14-15)21(26)18-8-7-16-5-1-2-6-17(16)13-18/h7-10,13,15H,1-6,11-12,14H2,(H2,22,24)/t15-/m1/s1. The van der Waals surface area contributed by atoms with Gasteiger partial charge in [-0.3, -0.25) is 9.78 Å². The van der Waals surface area contributed by atoms with E-state index in [0.29, 0.717) is 11.7 Å². The smallest absolute Gasteiger partial charge is 0.253 e. The van der Waals surface area contributed by atoms with Gasteiger partial charge < -0.3 is 10.6 Å². The van der Waals surface area contributed by atoms with Crippen LogP contribution >= 0.6 is 0 Å². The number of nitrogens with two attached hydrogens (primary N) is 1. The molecular formula is C21H26N4O. The van der Waals surface area contributed by atoms with Gasteiger partial charge in [-0.15, -0.1) is 0 Å². The van der Waals surface area contributed by atoms with Crippen LogP contribution in [0.3, 0.4) is 0 Å². The first-order chi connectivity index (χ1) is 12.7. The summed E-state index contributed by atoms with van der Waals surface area (Å²) in [6.45, 7) is 1.61. The Morgan fingerprint density at radius 3 is 2.77 bits per heavy atom. The summed E-state index contributed by atoms with van der Waals surface area (Å²) >= 11 is 0. The third-order valence-electron chi connectivity index (χ3n) is 5.69. The van der Waals surface area contributed by atoms with Crippen molar-refractivity contribution in [1.82, 2.24) is 14.9 Å². The van der Waals surface area contributed by atoms with Crippen molar-refractivity contribution in [1.29, 1.82) is 0 Å². The lowest BCUT2D eigenvalue weighted by atomic mass is 9.89. The van der Waals surface area contributed by atoms with Crippen LogP contribution in [0.5, 0.6) is 0 Å². The summed E-state index contributed by atoms with van der Waals surface area (Å²) < 4.78 is 0. The predicted octanol–water partition coefficient (Wildman–Crippen LogP) is 3.03. The second-order valence-electron chi connectivity index (χ2n) is 7.54. The number of anilines is 1. The molecule has 136 valence electrons. The molecule has 4 rings (SSSR count). The zero-order valence-electron chi connectivity index (χ0n) is 15.2. The van der Waals surface area contributed by atoms with Crippen LogP contribution in [0.25, 0.3) is 0 Å². The van der Waals surface area contributed by atoms with E-state index in [4.69, 9.17) is 5.73 Å². The van der Waals surface area contributed by atoms with E-state index in [1.807, 2.05) is 11.0 Å². The largest absolute Gasteiger partial charge is 0.382 e. The van der Waals surface area contributed by atoms with E-state index in [1.54, 1.807) is 12.4 Å². The van der Waals surface area contributed by atoms with Crippen molar-refractivity contribution in [2.75, 3.05) is 18.8 Å². The van der Waals surface area contributed by atoms with Crippen molar-refractivity contribution < 1.29 is 4.79 Å². The van der Waals surface area contributed by atoms with Gasteiger partial charge in [0.15, 0.2) is 0 Å². The first-order valence-corrected chi connectivity index (χ1v) is 9.67. The van der Waals surface area contributed by atoms with Gasteiger partial charge >= 0.3 is 0 Å². The summed E-state index contributed by atoms with van der Waals surface area (Å²) in [5.41, 5.74) is 10.4. The number of hydrogen-bond acceptors (Lipinski definition) is 4. The molecule has 0 bridgehead atoms. The first kappa shape index (κ1) is 17.0. The van der Waals surface area contributed by atoms with Crippen LogP contribution in [0.15, 0.2) is 30.6 Å². The van der Waals surface area contributed by atoms with E-state index >= 15 is 0 Å². The quantitative estimate of drug-likeness (QED) is 0.923. The minimum atomic E-state index is 0.162. The summed E-state index contributed by atoms with van der Waals surface area (Å²) in [6, 6.07) is 6.29. The fourth-order valence-electron chi connectivity index (χ4n) is 4.27. The van der Waals surface area contributed by atoms with Gasteiger partial charge in [0.05, 0.1) is 5.69 Å². The number of piperidine rings is 1. The molecular weight excluding hydrogens is 324 g/mol. The summed E-state index contributed by atoms with van der Waals surface area (Å²) in [4.78, 5) is 23.5. The van der Waals surface area contributed by atoms with Crippen LogP contribution in [0.1, 0.15) is 52.9 Å². The molecule has 1 atom stereocenters. The van der Waals surface area contributed by atoms with Crippen molar-refractivity contribution in [3.63, 3.8) is 0 Å². The summed E-state index contributed by atoms with van der Waals surface area (Å²) in [5.74, 6) is 1.06. The molecule has 1 aliphatic carbocycles. The Labute approximate surface area is 154 Å². The zero-order valence-corrected chi connectivity index (χ0v) is 15.2. The molecule has 1 amide bonds. The number of rotatable bonds is 3. The molecule has 0 saturated carbocycles. The maximum Gasteiger partial charge on any atom is 0.253 e. The maximum absolute atomic E-state index is 13.0. The molecule has 1 saturated heterocycles. The summed E-state index contributed by atoms with van der Waals surface area (Å²) in [5, 5.41) is 0. The number of fused-ring (bicyclic) bond motifs is 1. The highest BCUT2D eigenvalue weighted by molar-refractivity contribution is 5.94. The van der Waals surface area contributed by atoms with E-state index in [9.17, 15) is 4.79 Å². The zero-order chi connectivity index (χ0) is 17.9. The van der Waals surface area contributed by atoms with Gasteiger partial charge in [-0.05, 0) is 74.1 Å². The number of nitrogen functional groups attached to an aromatic ring is 1. The molecule has 1 aromatic heterocycles. The van der Waals surface area contributed by atoms with Crippen LogP contribution in [-0.2, 0) is 19.3 Å². The highest BCUT2D eigenvalue weighted by Gasteiger charge is 2.26. The second-order valence-corrected chi connectivity index (χ2v) is 7.54. The van der Waals surface area contributed by atoms with Crippen molar-refractivity contribution in [3.05, 3.63) is 53.0 Å². The molecule has 1 aromatic carbocycles. The van der Waals surface area contributed by atoms with E-state index in [1.165, 1.54) is 24.0 Å². The Morgan fingerprint density at radius 2 is 1.92 bits per heavy atom. The Morgan fingerprint density at radius 1 is 1.12 bits per heavy atom. The molecule has 2 N–H and O–H groups in total. The highest BCUT2D eigenvalue weighted by atomic mass is 16.2. The van der Waals surface area contributed by atoms with Crippen molar-refractivity contribution >= 4 is 11.7 Å². The number of aryl methyl sites for hydroxylation is 2. The van der Waals surface area contributed by atoms with Crippen molar-refractivity contribution in [2.45, 2.75) is 44.9 Å². The number of carbonyl (C=O) groups excluding carboxylic acids is 1. The minimum absolute atomic E-state index is 0.162. The Hall–Kier alpha value is -2.43. The number of aromatic nitrogens is 2. The average molecular weight is 350 g/mol. The molecule has 0 radical (unpaired) electrons. The van der Waals surface area contributed by atoms with Crippen LogP contribution in [-0.4, -0.2) is 33.9 Å². The molecule has 26 heavy (non-hydrogen) atoms. The predicted molar refractivity (Wildman–Crippen MR) is 102 cm³/mol. The number of nitrogens with zero attached hydrogens (tertiary/aromatic N) is 3. The van der Waals surface area contributed by atoms with Gasteiger partial charge in [-0.1, -0.05) is 6.07 Å². The topological polar surface area (TPSA) is 72.1 Å². The first-order valence-electron chi connectivity index (χ1n) is 9.67. The van der Waals surface area contributed by atoms with E-state index in [0.717, 1.165) is 56.5 Å². The molecule has 5 heteroatoms. The minimum Gasteiger partial charge on any atom is -0.382 e. The maximum atomic E-state index is 13.0. The normalized spacial score (nSPS) is 19.8. The molecule has 2 aliphatic rings. The fraction of sp³-hybridized carbons (Fsp3) is 0.476. The highest BCUT2D eigenvalue weighted by Crippen LogP contribution is 2.25. The van der Waals surface area contributed by atoms with Gasteiger partial charge in [-0.2, -0.15) is 0 Å². The molecule has 1 fully saturated rings. The SMILES string of the molecule is Nc1nccnc1C[C@H]1CCCN(C(=O)c2ccc3c(c2)CCCC3)C1. The fourth-order valence-corrected chi connectivity index (χ4v) is 4.27. The Kier molecular flexibility index (Phi) is 4.87. The van der Waals surface area contributed by atoms with Gasteiger partial charge in [0.1, 0.15) is 5.82 Å². The Balaban J connectivity index is 1.45. The van der Waals surface area contributed by atoms with Gasteiger partial charge in [0.2, 0.25) is 0 Å². The molecule has 2 aromatic rings. The number of likely N-dealkylation sites (tertiary alicyclic amines) is 1. The van der Waals surface area contributed by atoms with Crippen LogP contribution in [0.2, 0.25) is 0 Å². The lowest BCUT2D eigenvalue weighted by molar-refractivity contribution is 0.0672. The number of hydrogen-bond donors (Lipinski definition) is 1. The van der Waals surface area contributed by atoms with Gasteiger partial charge in [0, 0.05) is 31.0 Å². The van der Waals surface area contributed by atoms with Crippen molar-refractivity contribution in [3.8, 4) is 0 Å². The molecule has 5 nitrogen and oxygen atoms in total. The average Bonchev–Trinajstić information content (AvgIpc) is 2.69. The van der Waals surface area contributed by atoms with Crippen LogP contribution < -0.4 is 5.73 Å². The molecule has 0 unspecified atom stereocenters.